The van der Waals surface area contributed by atoms with Gasteiger partial charge >= 0.3 is 0 Å². The summed E-state index contributed by atoms with van der Waals surface area (Å²) in [6.45, 7) is 5.65. The van der Waals surface area contributed by atoms with Crippen LogP contribution in [0.25, 0.3) is 10.9 Å². The van der Waals surface area contributed by atoms with Crippen molar-refractivity contribution in [2.24, 2.45) is 18.9 Å². The molecule has 10 nitrogen and oxygen atoms in total. The fraction of sp³-hybridized carbons (Fsp3) is 0.387. The monoisotopic (exact) mass is 618 g/mol. The average Bonchev–Trinajstić information content (AvgIpc) is 3.48. The molecule has 2 N–H and O–H groups in total. The summed E-state index contributed by atoms with van der Waals surface area (Å²) in [6, 6.07) is 11.3. The number of carbonyl (C=O) groups excluding carboxylic acids is 1. The molecule has 1 saturated heterocycles. The van der Waals surface area contributed by atoms with Crippen molar-refractivity contribution < 1.29 is 4.79 Å². The van der Waals surface area contributed by atoms with Gasteiger partial charge in [-0.15, -0.1) is 0 Å². The second-order valence-electron chi connectivity index (χ2n) is 11.7. The normalized spacial score (nSPS) is 19.7. The molecular formula is C31H35ClN8O2S. The molecule has 1 aliphatic heterocycles. The Labute approximate surface area is 260 Å². The van der Waals surface area contributed by atoms with Gasteiger partial charge in [0, 0.05) is 52.2 Å². The van der Waals surface area contributed by atoms with E-state index in [4.69, 9.17) is 16.6 Å². The van der Waals surface area contributed by atoms with Crippen LogP contribution in [0.15, 0.2) is 47.4 Å². The Hall–Kier alpha value is -3.83. The number of rotatable bonds is 8. The van der Waals surface area contributed by atoms with E-state index < -0.39 is 0 Å². The third kappa shape index (κ3) is 5.40. The van der Waals surface area contributed by atoms with E-state index in [0.717, 1.165) is 30.0 Å². The van der Waals surface area contributed by atoms with Crippen LogP contribution in [0.5, 0.6) is 0 Å². The quantitative estimate of drug-likeness (QED) is 0.213. The zero-order valence-corrected chi connectivity index (χ0v) is 26.6. The van der Waals surface area contributed by atoms with Crippen LogP contribution >= 0.6 is 23.5 Å². The summed E-state index contributed by atoms with van der Waals surface area (Å²) < 4.78 is 4.38. The highest BCUT2D eigenvalue weighted by Crippen LogP contribution is 2.58. The van der Waals surface area contributed by atoms with Crippen molar-refractivity contribution in [3.63, 3.8) is 0 Å². The molecular weight excluding hydrogens is 584 g/mol. The lowest BCUT2D eigenvalue weighted by Gasteiger charge is -2.25. The first-order chi connectivity index (χ1) is 20.6. The number of nitrogens with zero attached hydrogens (tertiary/aromatic N) is 6. The van der Waals surface area contributed by atoms with Crippen molar-refractivity contribution in [1.29, 1.82) is 0 Å². The first-order valence-corrected chi connectivity index (χ1v) is 15.8. The minimum Gasteiger partial charge on any atom is -0.377 e. The molecule has 1 saturated carbocycles. The molecule has 2 fully saturated rings. The Morgan fingerprint density at radius 1 is 1.14 bits per heavy atom. The minimum atomic E-state index is -0.344. The molecule has 4 heterocycles. The molecule has 0 spiro atoms. The van der Waals surface area contributed by atoms with Gasteiger partial charge < -0.3 is 15.1 Å². The summed E-state index contributed by atoms with van der Waals surface area (Å²) in [5.74, 6) is 2.80. The molecule has 4 aromatic rings. The van der Waals surface area contributed by atoms with E-state index in [1.54, 1.807) is 30.0 Å². The van der Waals surface area contributed by atoms with E-state index in [1.807, 2.05) is 51.2 Å². The summed E-state index contributed by atoms with van der Waals surface area (Å²) in [5, 5.41) is 4.22. The van der Waals surface area contributed by atoms with Crippen molar-refractivity contribution in [1.82, 2.24) is 24.2 Å². The van der Waals surface area contributed by atoms with Crippen LogP contribution in [0.2, 0.25) is 5.15 Å². The molecule has 0 bridgehead atoms. The highest BCUT2D eigenvalue weighted by Gasteiger charge is 2.57. The molecule has 0 radical (unpaired) electrons. The van der Waals surface area contributed by atoms with E-state index in [-0.39, 0.29) is 28.4 Å². The number of piperidine rings is 1. The lowest BCUT2D eigenvalue weighted by Crippen LogP contribution is -2.32. The second-order valence-corrected chi connectivity index (χ2v) is 12.7. The molecule has 224 valence electrons. The standard InChI is InChI=1S/C31H35ClN8O2S/c1-16-11-19(17(2)34-23-8-9-24(32)35-28(23)29(41)37-43-6)27-20(12-16)30(42)39(5)31(36-27)40-14-21-22(15-40)26(21)18-7-10-25(33-13-18)38(3)4/h7-13,17,21-22,26,34H,14-15H2,1-6H3,(H,37,41). The summed E-state index contributed by atoms with van der Waals surface area (Å²) in [4.78, 5) is 44.6. The largest absolute Gasteiger partial charge is 0.377 e. The lowest BCUT2D eigenvalue weighted by atomic mass is 10.0. The van der Waals surface area contributed by atoms with Crippen molar-refractivity contribution in [2.75, 3.05) is 48.6 Å². The number of anilines is 3. The smallest absolute Gasteiger partial charge is 0.281 e. The zero-order valence-electron chi connectivity index (χ0n) is 25.1. The lowest BCUT2D eigenvalue weighted by molar-refractivity contribution is 0.0980. The van der Waals surface area contributed by atoms with Crippen molar-refractivity contribution in [2.45, 2.75) is 25.8 Å². The number of nitrogens with one attached hydrogen (secondary N) is 2. The highest BCUT2D eigenvalue weighted by molar-refractivity contribution is 7.97. The Morgan fingerprint density at radius 3 is 2.53 bits per heavy atom. The molecule has 12 heteroatoms. The average molecular weight is 619 g/mol. The summed E-state index contributed by atoms with van der Waals surface area (Å²) >= 11 is 7.31. The number of benzene rings is 1. The number of fused-ring (bicyclic) bond motifs is 2. The van der Waals surface area contributed by atoms with Crippen LogP contribution in [0, 0.1) is 18.8 Å². The predicted molar refractivity (Wildman–Crippen MR) is 174 cm³/mol. The van der Waals surface area contributed by atoms with Gasteiger partial charge in [0.05, 0.1) is 22.6 Å². The van der Waals surface area contributed by atoms with Gasteiger partial charge in [0.15, 0.2) is 5.69 Å². The van der Waals surface area contributed by atoms with E-state index in [9.17, 15) is 9.59 Å². The van der Waals surface area contributed by atoms with Gasteiger partial charge in [-0.3, -0.25) is 18.9 Å². The number of hydrogen-bond acceptors (Lipinski definition) is 9. The third-order valence-electron chi connectivity index (χ3n) is 8.53. The fourth-order valence-electron chi connectivity index (χ4n) is 6.37. The van der Waals surface area contributed by atoms with Gasteiger partial charge in [0.25, 0.3) is 11.5 Å². The van der Waals surface area contributed by atoms with Gasteiger partial charge in [-0.2, -0.15) is 0 Å². The Bertz CT molecular complexity index is 1760. The molecule has 1 amide bonds. The Balaban J connectivity index is 1.29. The van der Waals surface area contributed by atoms with Crippen LogP contribution in [0.1, 0.15) is 46.1 Å². The van der Waals surface area contributed by atoms with Crippen LogP contribution in [-0.2, 0) is 7.05 Å². The topological polar surface area (TPSA) is 108 Å². The second kappa shape index (κ2) is 11.3. The van der Waals surface area contributed by atoms with E-state index >= 15 is 0 Å². The van der Waals surface area contributed by atoms with Gasteiger partial charge in [-0.25, -0.2) is 15.0 Å². The third-order valence-corrected chi connectivity index (χ3v) is 9.13. The van der Waals surface area contributed by atoms with Gasteiger partial charge in [-0.1, -0.05) is 35.7 Å². The first-order valence-electron chi connectivity index (χ1n) is 14.2. The molecule has 2 aliphatic rings. The van der Waals surface area contributed by atoms with Crippen LogP contribution in [-0.4, -0.2) is 58.9 Å². The van der Waals surface area contributed by atoms with Crippen LogP contribution < -0.4 is 25.4 Å². The van der Waals surface area contributed by atoms with Gasteiger partial charge in [0.1, 0.15) is 11.0 Å². The predicted octanol–water partition coefficient (Wildman–Crippen LogP) is 4.78. The number of pyridine rings is 2. The van der Waals surface area contributed by atoms with Gasteiger partial charge in [0.2, 0.25) is 5.95 Å². The Morgan fingerprint density at radius 2 is 1.88 bits per heavy atom. The van der Waals surface area contributed by atoms with E-state index in [0.29, 0.717) is 40.3 Å². The Kier molecular flexibility index (Phi) is 7.72. The maximum absolute atomic E-state index is 13.7. The molecule has 6 rings (SSSR count). The highest BCUT2D eigenvalue weighted by atomic mass is 35.5. The maximum Gasteiger partial charge on any atom is 0.281 e. The molecule has 1 aromatic carbocycles. The number of amides is 1. The molecule has 1 aliphatic carbocycles. The van der Waals surface area contributed by atoms with Gasteiger partial charge in [-0.05, 0) is 67.0 Å². The molecule has 3 aromatic heterocycles. The first kappa shape index (κ1) is 29.3. The van der Waals surface area contributed by atoms with Crippen molar-refractivity contribution in [3.05, 3.63) is 80.5 Å². The summed E-state index contributed by atoms with van der Waals surface area (Å²) in [6.07, 6.45) is 3.77. The van der Waals surface area contributed by atoms with E-state index in [2.05, 4.69) is 37.0 Å². The molecule has 3 unspecified atom stereocenters. The van der Waals surface area contributed by atoms with Crippen LogP contribution in [0.4, 0.5) is 17.5 Å². The van der Waals surface area contributed by atoms with Crippen molar-refractivity contribution in [3.8, 4) is 0 Å². The number of carbonyl (C=O) groups is 1. The fourth-order valence-corrected chi connectivity index (χ4v) is 6.80. The number of hydrogen-bond donors (Lipinski definition) is 2. The van der Waals surface area contributed by atoms with Crippen molar-refractivity contribution >= 4 is 57.8 Å². The minimum absolute atomic E-state index is 0.0778. The maximum atomic E-state index is 13.7. The number of aryl methyl sites for hydroxylation is 1. The molecule has 43 heavy (non-hydrogen) atoms. The zero-order chi connectivity index (χ0) is 30.6. The van der Waals surface area contributed by atoms with Crippen LogP contribution in [0.3, 0.4) is 0 Å². The number of halogens is 1. The number of aromatic nitrogens is 4. The molecule has 3 atom stereocenters. The van der Waals surface area contributed by atoms with E-state index in [1.165, 1.54) is 17.5 Å². The summed E-state index contributed by atoms with van der Waals surface area (Å²) in [5.41, 5.74) is 4.42. The summed E-state index contributed by atoms with van der Waals surface area (Å²) in [7, 11) is 5.79. The SMILES string of the molecule is CSNC(=O)c1nc(Cl)ccc1NC(C)c1cc(C)cc2c(=O)n(C)c(N3CC4C(C3)C4c3ccc(N(C)C)nc3)nc12.